The van der Waals surface area contributed by atoms with Crippen LogP contribution in [0.4, 0.5) is 0 Å². The molecule has 1 aliphatic heterocycles. The number of nitrogens with zero attached hydrogens (tertiary/aromatic N) is 2. The maximum Gasteiger partial charge on any atom is 0.144 e. The molecule has 0 bridgehead atoms. The quantitative estimate of drug-likeness (QED) is 0.455. The van der Waals surface area contributed by atoms with E-state index in [-0.39, 0.29) is 0 Å². The van der Waals surface area contributed by atoms with Crippen molar-refractivity contribution in [2.24, 2.45) is 0 Å². The average Bonchev–Trinajstić information content (AvgIpc) is 2.15. The number of hydrogen-bond donors (Lipinski definition) is 0. The summed E-state index contributed by atoms with van der Waals surface area (Å²) in [6.45, 7) is 0. The summed E-state index contributed by atoms with van der Waals surface area (Å²) in [5, 5.41) is 0. The average molecular weight is 104 g/mol. The Bertz CT molecular complexity index is 241. The summed E-state index contributed by atoms with van der Waals surface area (Å²) in [4.78, 5) is 4.01. The molecule has 0 saturated heterocycles. The molecule has 0 N–H and O–H groups in total. The zero-order valence-corrected chi connectivity index (χ0v) is 4.20. The Morgan fingerprint density at radius 1 is 1.62 bits per heavy atom. The fourth-order valence-corrected chi connectivity index (χ4v) is 0.738. The highest BCUT2D eigenvalue weighted by molar-refractivity contribution is 5.53. The molecule has 1 aliphatic rings. The van der Waals surface area contributed by atoms with Crippen LogP contribution in [0.3, 0.4) is 0 Å². The fraction of sp³-hybridized carbons (Fsp3) is 0. The Morgan fingerprint density at radius 2 is 2.62 bits per heavy atom. The topological polar surface area (TPSA) is 17.8 Å². The summed E-state index contributed by atoms with van der Waals surface area (Å²) in [7, 11) is 0. The van der Waals surface area contributed by atoms with Crippen molar-refractivity contribution in [3.8, 4) is 0 Å². The largest absolute Gasteiger partial charge is 0.299 e. The zero-order valence-electron chi connectivity index (χ0n) is 4.20. The van der Waals surface area contributed by atoms with Crippen LogP contribution in [0.1, 0.15) is 5.82 Å². The van der Waals surface area contributed by atoms with Crippen LogP contribution in [0.2, 0.25) is 0 Å². The Hall–Kier alpha value is -1.27. The maximum atomic E-state index is 4.01. The first kappa shape index (κ1) is 3.70. The Labute approximate surface area is 46.8 Å². The lowest BCUT2D eigenvalue weighted by atomic mass is 10.6. The summed E-state index contributed by atoms with van der Waals surface area (Å²) in [5.41, 5.74) is 2.92. The molecule has 0 amide bonds. The predicted octanol–water partition coefficient (Wildman–Crippen LogP) is 0.980. The molecule has 1 aromatic rings. The lowest BCUT2D eigenvalue weighted by molar-refractivity contribution is 1.12. The summed E-state index contributed by atoms with van der Waals surface area (Å²) >= 11 is 0. The van der Waals surface area contributed by atoms with E-state index < -0.39 is 0 Å². The predicted molar refractivity (Wildman–Crippen MR) is 31.0 cm³/mol. The molecule has 0 spiro atoms. The SMILES string of the molecule is C1=Cc2nccn2C=1. The first-order valence-electron chi connectivity index (χ1n) is 2.42. The van der Waals surface area contributed by atoms with Crippen molar-refractivity contribution >= 4 is 12.3 Å². The zero-order chi connectivity index (χ0) is 5.40. The smallest absolute Gasteiger partial charge is 0.144 e. The highest BCUT2D eigenvalue weighted by atomic mass is 15.0. The Morgan fingerprint density at radius 3 is 3.50 bits per heavy atom. The van der Waals surface area contributed by atoms with Gasteiger partial charge in [0.25, 0.3) is 0 Å². The molecular weight excluding hydrogens is 100 g/mol. The van der Waals surface area contributed by atoms with E-state index in [1.807, 2.05) is 23.0 Å². The van der Waals surface area contributed by atoms with Crippen molar-refractivity contribution in [1.82, 2.24) is 9.55 Å². The molecule has 0 atom stereocenters. The third kappa shape index (κ3) is 0.303. The molecule has 0 aromatic carbocycles. The minimum atomic E-state index is 0.963. The molecule has 0 unspecified atom stereocenters. The molecule has 0 radical (unpaired) electrons. The van der Waals surface area contributed by atoms with Gasteiger partial charge in [0.2, 0.25) is 0 Å². The first-order valence-corrected chi connectivity index (χ1v) is 2.42. The molecule has 2 heteroatoms. The summed E-state index contributed by atoms with van der Waals surface area (Å²) in [6.07, 6.45) is 7.36. The Kier molecular flexibility index (Phi) is 0.515. The van der Waals surface area contributed by atoms with Gasteiger partial charge in [-0.1, -0.05) is 5.73 Å². The van der Waals surface area contributed by atoms with Crippen molar-refractivity contribution < 1.29 is 0 Å². The van der Waals surface area contributed by atoms with Gasteiger partial charge in [0.1, 0.15) is 5.82 Å². The fourth-order valence-electron chi connectivity index (χ4n) is 0.738. The van der Waals surface area contributed by atoms with Crippen LogP contribution in [0.5, 0.6) is 0 Å². The molecule has 0 aliphatic carbocycles. The van der Waals surface area contributed by atoms with Gasteiger partial charge in [-0.05, 0) is 0 Å². The van der Waals surface area contributed by atoms with Crippen molar-refractivity contribution in [2.75, 3.05) is 0 Å². The minimum Gasteiger partial charge on any atom is -0.299 e. The highest BCUT2D eigenvalue weighted by Crippen LogP contribution is 2.04. The maximum absolute atomic E-state index is 4.01. The first-order chi connectivity index (χ1) is 3.97. The second kappa shape index (κ2) is 1.11. The summed E-state index contributed by atoms with van der Waals surface area (Å²) in [6, 6.07) is 0. The number of aromatic nitrogens is 2. The third-order valence-corrected chi connectivity index (χ3v) is 1.12. The van der Waals surface area contributed by atoms with Gasteiger partial charge in [-0.25, -0.2) is 4.98 Å². The van der Waals surface area contributed by atoms with E-state index in [2.05, 4.69) is 10.7 Å². The molecule has 2 heterocycles. The molecule has 0 saturated carbocycles. The van der Waals surface area contributed by atoms with E-state index in [1.54, 1.807) is 6.20 Å². The van der Waals surface area contributed by atoms with Crippen LogP contribution in [0.25, 0.3) is 12.3 Å². The van der Waals surface area contributed by atoms with Crippen molar-refractivity contribution in [2.45, 2.75) is 0 Å². The highest BCUT2D eigenvalue weighted by Gasteiger charge is 1.96. The van der Waals surface area contributed by atoms with Gasteiger partial charge in [0.05, 0.1) is 6.20 Å². The van der Waals surface area contributed by atoms with Crippen molar-refractivity contribution in [3.05, 3.63) is 23.9 Å². The van der Waals surface area contributed by atoms with Gasteiger partial charge < -0.3 is 0 Å². The standard InChI is InChI=1S/C6H4N2/c1-2-6-7-3-5-8(6)4-1/h2-5H. The monoisotopic (exact) mass is 104 g/mol. The van der Waals surface area contributed by atoms with Crippen LogP contribution < -0.4 is 0 Å². The van der Waals surface area contributed by atoms with Crippen LogP contribution in [0.15, 0.2) is 18.1 Å². The number of imidazole rings is 1. The molecule has 2 nitrogen and oxygen atoms in total. The van der Waals surface area contributed by atoms with E-state index in [1.165, 1.54) is 0 Å². The molecule has 8 heavy (non-hydrogen) atoms. The van der Waals surface area contributed by atoms with Crippen LogP contribution in [-0.2, 0) is 0 Å². The third-order valence-electron chi connectivity index (χ3n) is 1.12. The molecule has 0 fully saturated rings. The van der Waals surface area contributed by atoms with Gasteiger partial charge in [-0.2, -0.15) is 0 Å². The minimum absolute atomic E-state index is 0.963. The van der Waals surface area contributed by atoms with E-state index in [4.69, 9.17) is 0 Å². The van der Waals surface area contributed by atoms with E-state index in [0.29, 0.717) is 0 Å². The van der Waals surface area contributed by atoms with Crippen molar-refractivity contribution in [3.63, 3.8) is 0 Å². The van der Waals surface area contributed by atoms with E-state index in [0.717, 1.165) is 5.82 Å². The molecular formula is C6H4N2. The van der Waals surface area contributed by atoms with Gasteiger partial charge in [0.15, 0.2) is 0 Å². The molecule has 1 aromatic heterocycles. The van der Waals surface area contributed by atoms with Gasteiger partial charge in [-0.15, -0.1) is 0 Å². The molecule has 38 valence electrons. The summed E-state index contributed by atoms with van der Waals surface area (Å²) in [5.74, 6) is 0.963. The second-order valence-electron chi connectivity index (χ2n) is 1.63. The van der Waals surface area contributed by atoms with Crippen molar-refractivity contribution in [1.29, 1.82) is 0 Å². The summed E-state index contributed by atoms with van der Waals surface area (Å²) < 4.78 is 1.92. The van der Waals surface area contributed by atoms with Crippen LogP contribution in [-0.4, -0.2) is 9.55 Å². The second-order valence-corrected chi connectivity index (χ2v) is 1.63. The normalized spacial score (nSPS) is 12.5. The van der Waals surface area contributed by atoms with Crippen LogP contribution >= 0.6 is 0 Å². The van der Waals surface area contributed by atoms with Gasteiger partial charge >= 0.3 is 0 Å². The van der Waals surface area contributed by atoms with E-state index in [9.17, 15) is 0 Å². The van der Waals surface area contributed by atoms with Gasteiger partial charge in [-0.3, -0.25) is 4.57 Å². The van der Waals surface area contributed by atoms with E-state index >= 15 is 0 Å². The Balaban J connectivity index is 2.78. The lowest BCUT2D eigenvalue weighted by Gasteiger charge is -1.84. The number of fused-ring (bicyclic) bond motifs is 1. The van der Waals surface area contributed by atoms with Crippen LogP contribution in [0, 0.1) is 0 Å². The molecule has 2 rings (SSSR count). The number of rotatable bonds is 0. The lowest BCUT2D eigenvalue weighted by Crippen LogP contribution is -1.81. The number of hydrogen-bond acceptors (Lipinski definition) is 1. The van der Waals surface area contributed by atoms with Gasteiger partial charge in [0, 0.05) is 18.5 Å².